The molecule has 3 aromatic carbocycles. The van der Waals surface area contributed by atoms with Crippen molar-refractivity contribution in [2.45, 2.75) is 423 Å². The highest BCUT2D eigenvalue weighted by atomic mass is 15.2. The lowest BCUT2D eigenvalue weighted by molar-refractivity contribution is 0.226. The molecule has 0 saturated carbocycles. The number of hydrogen-bond acceptors (Lipinski definition) is 12. The van der Waals surface area contributed by atoms with Crippen LogP contribution in [0.2, 0.25) is 0 Å². The second-order valence-corrected chi connectivity index (χ2v) is 27.9. The van der Waals surface area contributed by atoms with Crippen LogP contribution in [0.1, 0.15) is 383 Å². The first-order valence-electron chi connectivity index (χ1n) is 47.9. The van der Waals surface area contributed by atoms with Gasteiger partial charge in [-0.05, 0) is 209 Å². The van der Waals surface area contributed by atoms with Gasteiger partial charge in [0.2, 0.25) is 0 Å². The summed E-state index contributed by atoms with van der Waals surface area (Å²) < 4.78 is 0. The Hall–Kier alpha value is -6.41. The molecule has 0 bridgehead atoms. The Morgan fingerprint density at radius 1 is 0.325 bits per heavy atom. The number of nitrogens with zero attached hydrogens (tertiary/aromatic N) is 11. The van der Waals surface area contributed by atoms with Gasteiger partial charge in [-0.25, -0.2) is 9.97 Å². The lowest BCUT2D eigenvalue weighted by Gasteiger charge is -2.35. The quantitative estimate of drug-likeness (QED) is 0.165. The molecule has 11 heterocycles. The van der Waals surface area contributed by atoms with Crippen molar-refractivity contribution in [3.8, 4) is 0 Å². The summed E-state index contributed by atoms with van der Waals surface area (Å²) in [5.41, 5.74) is 20.2. The Balaban J connectivity index is -0.000000293. The molecule has 7 aromatic rings. The van der Waals surface area contributed by atoms with Gasteiger partial charge < -0.3 is 15.1 Å². The van der Waals surface area contributed by atoms with E-state index >= 15 is 0 Å². The molecule has 1 fully saturated rings. The standard InChI is InChI=1S/C15H22N2.3C11H15N.2C10H14N2.C9H13N3.14C2H6/c1-12(2)17-11-15(7-9-16-10-8-15)13-5-3-4-6-14(13)17;1-8(2)10-6-5-9-4-3-7-12-11(9)10;1-9(2)12-7-10-5-3-4-6-11(10)8-12;1-9(2)12-8-7-10-5-3-4-6-11(10)12;1-8(2)12-6-9-3-4-11-5-10(9)7-12;1-8(2)12-6-9-4-3-5-11-10(9)7-12;1-7(2)12-4-8-3-10-6-11-9(8)5-12;14*1-2/h3-6,12,16H,7-11H2,1-2H3;3-4,7-8,10H,5-6H2,1-2H3;2*3-6,9H,7-8H2,1-2H3;2*3-5,8H,6-7H2,1-2H3;3,6-7H,4-5H2,1-2H3;14*1-2H3. The molecule has 1 aliphatic carbocycles. The molecule has 1 atom stereocenters. The van der Waals surface area contributed by atoms with E-state index in [2.05, 4.69) is 248 Å². The zero-order valence-electron chi connectivity index (χ0n) is 84.8. The van der Waals surface area contributed by atoms with Crippen molar-refractivity contribution in [3.05, 3.63) is 208 Å². The summed E-state index contributed by atoms with van der Waals surface area (Å²) in [6.45, 7) is 101. The van der Waals surface area contributed by atoms with E-state index in [-0.39, 0.29) is 0 Å². The van der Waals surface area contributed by atoms with Gasteiger partial charge in [-0.15, -0.1) is 0 Å². The van der Waals surface area contributed by atoms with E-state index in [4.69, 9.17) is 0 Å². The summed E-state index contributed by atoms with van der Waals surface area (Å²) in [5.74, 6) is 1.45. The summed E-state index contributed by atoms with van der Waals surface area (Å²) in [6.07, 6.45) is 17.5. The van der Waals surface area contributed by atoms with Crippen molar-refractivity contribution < 1.29 is 0 Å². The van der Waals surface area contributed by atoms with Gasteiger partial charge >= 0.3 is 0 Å². The van der Waals surface area contributed by atoms with Crippen molar-refractivity contribution in [2.24, 2.45) is 5.92 Å². The van der Waals surface area contributed by atoms with E-state index in [1.54, 1.807) is 11.9 Å². The smallest absolute Gasteiger partial charge is 0.115 e. The first-order chi connectivity index (χ1) is 56.9. The average molecular weight is 1620 g/mol. The van der Waals surface area contributed by atoms with Crippen molar-refractivity contribution >= 4 is 11.4 Å². The van der Waals surface area contributed by atoms with Crippen LogP contribution in [0.25, 0.3) is 0 Å². The fourth-order valence-corrected chi connectivity index (χ4v) is 13.9. The highest BCUT2D eigenvalue weighted by Crippen LogP contribution is 2.47. The highest BCUT2D eigenvalue weighted by molar-refractivity contribution is 5.63. The lowest BCUT2D eigenvalue weighted by atomic mass is 9.75. The summed E-state index contributed by atoms with van der Waals surface area (Å²) in [4.78, 5) is 36.0. The van der Waals surface area contributed by atoms with Gasteiger partial charge in [0.05, 0.1) is 11.4 Å². The first-order valence-corrected chi connectivity index (χ1v) is 47.9. The van der Waals surface area contributed by atoms with Gasteiger partial charge in [0.15, 0.2) is 0 Å². The minimum Gasteiger partial charge on any atom is -0.369 e. The van der Waals surface area contributed by atoms with E-state index in [1.807, 2.05) is 237 Å². The molecule has 4 aromatic heterocycles. The summed E-state index contributed by atoms with van der Waals surface area (Å²) >= 11 is 0. The third-order valence-electron chi connectivity index (χ3n) is 19.7. The van der Waals surface area contributed by atoms with Crippen molar-refractivity contribution in [3.63, 3.8) is 0 Å². The normalized spacial score (nSPS) is 14.7. The van der Waals surface area contributed by atoms with E-state index in [9.17, 15) is 0 Å². The van der Waals surface area contributed by atoms with Crippen LogP contribution in [0.3, 0.4) is 0 Å². The van der Waals surface area contributed by atoms with Crippen LogP contribution in [0, 0.1) is 5.92 Å². The number of piperidine rings is 1. The molecule has 15 rings (SSSR count). The third kappa shape index (κ3) is 42.1. The molecular formula is C105H192N12. The molecule has 1 N–H and O–H groups in total. The monoisotopic (exact) mass is 1620 g/mol. The molecule has 0 radical (unpaired) electrons. The Morgan fingerprint density at radius 2 is 0.701 bits per heavy atom. The molecule has 12 nitrogen and oxygen atoms in total. The van der Waals surface area contributed by atoms with Gasteiger partial charge in [0.25, 0.3) is 0 Å². The number of benzene rings is 3. The summed E-state index contributed by atoms with van der Waals surface area (Å²) in [5, 5.41) is 3.49. The van der Waals surface area contributed by atoms with Crippen LogP contribution < -0.4 is 15.1 Å². The minimum atomic E-state index is 0.423. The van der Waals surface area contributed by atoms with Crippen molar-refractivity contribution in [2.75, 3.05) is 36.0 Å². The van der Waals surface area contributed by atoms with Crippen LogP contribution >= 0.6 is 0 Å². The maximum Gasteiger partial charge on any atom is 0.115 e. The molecule has 1 unspecified atom stereocenters. The molecule has 12 heteroatoms. The van der Waals surface area contributed by atoms with Gasteiger partial charge in [0.1, 0.15) is 6.33 Å². The third-order valence-corrected chi connectivity index (χ3v) is 19.7. The number of aryl methyl sites for hydroxylation is 1. The SMILES string of the molecule is CC.CC.CC.CC.CC.CC.CC.CC.CC.CC.CC.CC.CC.CC.CC(C)C1CCc2cccnc21.CC(C)N1CC2(CCNCC2)c2ccccc21.CC(C)N1CCc2ccccc21.CC(C)N1Cc2ccccc2C1.CC(C)N1Cc2cccnc2C1.CC(C)N1Cc2ccncc2C1.CC(C)N1Cc2cncnc2C1. The maximum absolute atomic E-state index is 4.46. The number of aromatic nitrogens is 5. The van der Waals surface area contributed by atoms with Crippen LogP contribution in [0.5, 0.6) is 0 Å². The van der Waals surface area contributed by atoms with Crippen LogP contribution in [-0.2, 0) is 70.6 Å². The lowest BCUT2D eigenvalue weighted by Crippen LogP contribution is -2.44. The van der Waals surface area contributed by atoms with Crippen molar-refractivity contribution in [1.29, 1.82) is 0 Å². The van der Waals surface area contributed by atoms with Crippen molar-refractivity contribution in [1.82, 2.24) is 49.8 Å². The van der Waals surface area contributed by atoms with E-state index in [0.29, 0.717) is 47.6 Å². The van der Waals surface area contributed by atoms with Crippen LogP contribution in [0.4, 0.5) is 11.4 Å². The molecular weight excluding hydrogens is 1430 g/mol. The molecule has 7 aliphatic heterocycles. The van der Waals surface area contributed by atoms with Gasteiger partial charge in [0, 0.05) is 167 Å². The maximum atomic E-state index is 4.46. The predicted molar refractivity (Wildman–Crippen MR) is 529 cm³/mol. The molecule has 0 amide bonds. The van der Waals surface area contributed by atoms with Crippen LogP contribution in [-0.4, -0.2) is 107 Å². The predicted octanol–water partition coefficient (Wildman–Crippen LogP) is 29.4. The zero-order valence-corrected chi connectivity index (χ0v) is 84.8. The fourth-order valence-electron chi connectivity index (χ4n) is 13.9. The molecule has 1 spiro atoms. The number of rotatable bonds is 7. The molecule has 672 valence electrons. The van der Waals surface area contributed by atoms with E-state index < -0.39 is 0 Å². The fraction of sp³-hybridized carbons (Fsp3) is 0.648. The Labute approximate surface area is 729 Å². The number of fused-ring (bicyclic) bond motifs is 8. The second kappa shape index (κ2) is 76.9. The number of anilines is 2. The largest absolute Gasteiger partial charge is 0.369 e. The average Bonchev–Trinajstić information content (AvgIpc) is 1.60. The van der Waals surface area contributed by atoms with E-state index in [1.165, 1.54) is 131 Å². The number of pyridine rings is 3. The Kier molecular flexibility index (Phi) is 79.9. The first kappa shape index (κ1) is 121. The number of hydrogen-bond donors (Lipinski definition) is 1. The van der Waals surface area contributed by atoms with Gasteiger partial charge in [-0.1, -0.05) is 281 Å². The summed E-state index contributed by atoms with van der Waals surface area (Å²) in [7, 11) is 0. The molecule has 1 saturated heterocycles. The Morgan fingerprint density at radius 3 is 1.15 bits per heavy atom. The summed E-state index contributed by atoms with van der Waals surface area (Å²) in [6, 6.07) is 40.8. The van der Waals surface area contributed by atoms with Gasteiger partial charge in [-0.3, -0.25) is 34.6 Å². The molecule has 8 aliphatic rings. The second-order valence-electron chi connectivity index (χ2n) is 27.9. The zero-order chi connectivity index (χ0) is 91.2. The van der Waals surface area contributed by atoms with Crippen LogP contribution in [0.15, 0.2) is 140 Å². The van der Waals surface area contributed by atoms with Gasteiger partial charge in [-0.2, -0.15) is 0 Å². The van der Waals surface area contributed by atoms with E-state index in [0.717, 1.165) is 58.3 Å². The number of nitrogens with one attached hydrogen (secondary N) is 1. The highest BCUT2D eigenvalue weighted by Gasteiger charge is 2.43. The topological polar surface area (TPSA) is 95.9 Å². The Bertz CT molecular complexity index is 2920. The minimum absolute atomic E-state index is 0.423. The molecule has 117 heavy (non-hydrogen) atoms. The number of para-hydroxylation sites is 2.